The molecule has 3 aromatic heterocycles. The van der Waals surface area contributed by atoms with Crippen molar-refractivity contribution < 1.29 is 24.0 Å². The highest BCUT2D eigenvalue weighted by molar-refractivity contribution is 6.09. The van der Waals surface area contributed by atoms with Crippen LogP contribution in [0, 0.1) is 5.92 Å². The number of likely N-dealkylation sites (tertiary alicyclic amines) is 2. The number of imide groups is 1. The van der Waals surface area contributed by atoms with E-state index < -0.39 is 5.41 Å². The van der Waals surface area contributed by atoms with Crippen molar-refractivity contribution in [2.75, 3.05) is 80.6 Å². The van der Waals surface area contributed by atoms with Gasteiger partial charge in [0.1, 0.15) is 11.3 Å². The number of imidazole rings is 1. The second-order valence-corrected chi connectivity index (χ2v) is 22.8. The van der Waals surface area contributed by atoms with Crippen LogP contribution < -0.4 is 20.4 Å². The molecular formula is C56H72N12O5. The molecule has 6 aliphatic heterocycles. The number of benzene rings is 1. The molecule has 5 saturated heterocycles. The summed E-state index contributed by atoms with van der Waals surface area (Å²) in [5, 5.41) is 6.13. The van der Waals surface area contributed by atoms with Crippen LogP contribution in [-0.2, 0) is 29.4 Å². The predicted molar refractivity (Wildman–Crippen MR) is 279 cm³/mol. The van der Waals surface area contributed by atoms with Gasteiger partial charge >= 0.3 is 0 Å². The number of hydrogen-bond donors (Lipinski definition) is 2. The lowest BCUT2D eigenvalue weighted by molar-refractivity contribution is -0.145. The lowest BCUT2D eigenvalue weighted by atomic mass is 9.73. The van der Waals surface area contributed by atoms with Crippen molar-refractivity contribution in [1.29, 1.82) is 0 Å². The second-order valence-electron chi connectivity index (χ2n) is 22.8. The van der Waals surface area contributed by atoms with Gasteiger partial charge in [-0.05, 0) is 134 Å². The highest BCUT2D eigenvalue weighted by Crippen LogP contribution is 2.52. The van der Waals surface area contributed by atoms with Crippen molar-refractivity contribution in [3.8, 4) is 11.3 Å². The average Bonchev–Trinajstić information content (AvgIpc) is 4.07. The molecule has 5 amide bonds. The Bertz CT molecular complexity index is 2770. The van der Waals surface area contributed by atoms with Crippen LogP contribution in [0.25, 0.3) is 22.3 Å². The van der Waals surface area contributed by atoms with Crippen LogP contribution in [-0.4, -0.2) is 158 Å². The zero-order chi connectivity index (χ0) is 50.1. The van der Waals surface area contributed by atoms with Gasteiger partial charge in [0.25, 0.3) is 0 Å². The van der Waals surface area contributed by atoms with Gasteiger partial charge in [-0.15, -0.1) is 0 Å². The number of nitrogens with one attached hydrogen (secondary N) is 2. The number of piperazine rings is 1. The average molecular weight is 993 g/mol. The maximum absolute atomic E-state index is 15.3. The zero-order valence-corrected chi connectivity index (χ0v) is 42.9. The van der Waals surface area contributed by atoms with Crippen LogP contribution in [0.15, 0.2) is 48.9 Å². The molecular weight excluding hydrogens is 921 g/mol. The summed E-state index contributed by atoms with van der Waals surface area (Å²) >= 11 is 0. The number of amides is 5. The summed E-state index contributed by atoms with van der Waals surface area (Å²) in [5.74, 6) is 1.24. The van der Waals surface area contributed by atoms with Gasteiger partial charge in [0.2, 0.25) is 29.5 Å². The van der Waals surface area contributed by atoms with E-state index in [9.17, 15) is 19.2 Å². The Morgan fingerprint density at radius 2 is 1.52 bits per heavy atom. The molecule has 17 nitrogen and oxygen atoms in total. The first kappa shape index (κ1) is 48.0. The van der Waals surface area contributed by atoms with Crippen molar-refractivity contribution in [1.82, 2.24) is 44.4 Å². The minimum Gasteiger partial charge on any atom is -0.366 e. The first-order valence-electron chi connectivity index (χ1n) is 27.7. The van der Waals surface area contributed by atoms with Gasteiger partial charge in [0, 0.05) is 106 Å². The highest BCUT2D eigenvalue weighted by Gasteiger charge is 2.56. The molecule has 12 rings (SSSR count). The first-order valence-corrected chi connectivity index (χ1v) is 27.7. The summed E-state index contributed by atoms with van der Waals surface area (Å²) in [5.41, 5.74) is 6.12. The van der Waals surface area contributed by atoms with Gasteiger partial charge in [-0.3, -0.25) is 34.2 Å². The fraction of sp³-hybridized carbons (Fsp3) is 0.607. The number of hydrogen-bond acceptors (Lipinski definition) is 12. The molecule has 73 heavy (non-hydrogen) atoms. The smallest absolute Gasteiger partial charge is 0.239 e. The molecule has 0 radical (unpaired) electrons. The van der Waals surface area contributed by atoms with E-state index in [1.165, 1.54) is 19.3 Å². The molecule has 2 unspecified atom stereocenters. The quantitative estimate of drug-likeness (QED) is 0.172. The number of rotatable bonds is 11. The fourth-order valence-electron chi connectivity index (χ4n) is 13.3. The molecule has 1 spiro atoms. The lowest BCUT2D eigenvalue weighted by Gasteiger charge is -2.48. The van der Waals surface area contributed by atoms with Gasteiger partial charge in [0.15, 0.2) is 5.82 Å². The Labute approximate surface area is 428 Å². The summed E-state index contributed by atoms with van der Waals surface area (Å²) in [6.07, 6.45) is 15.3. The topological polar surface area (TPSA) is 172 Å². The van der Waals surface area contributed by atoms with Crippen molar-refractivity contribution in [2.24, 2.45) is 5.92 Å². The first-order chi connectivity index (χ1) is 35.4. The summed E-state index contributed by atoms with van der Waals surface area (Å²) in [7, 11) is 0. The third-order valence-corrected chi connectivity index (χ3v) is 18.1. The zero-order valence-electron chi connectivity index (χ0n) is 42.9. The van der Waals surface area contributed by atoms with Crippen LogP contribution >= 0.6 is 0 Å². The largest absolute Gasteiger partial charge is 0.366 e. The molecule has 8 aliphatic rings. The number of aromatic nitrogens is 4. The minimum atomic E-state index is -0.642. The Balaban J connectivity index is 0.686. The molecule has 17 heteroatoms. The SMILES string of the molecule is CC(C(=O)N1CCN(C(=O)C2CCN(c3ccc(C4CCC(=O)NC4=O)cn3)CC2)CC1)N1CCC2(CC1)C(=O)N([C@H]1C[C@@H](N3CCCCC3)C1)c1cc(-c3cc4ncn(C(C)C)c4c(NC4CC4)n3)ccc12. The predicted octanol–water partition coefficient (Wildman–Crippen LogP) is 5.84. The van der Waals surface area contributed by atoms with E-state index in [2.05, 4.69) is 77.9 Å². The Hall–Kier alpha value is -5.94. The number of nitrogens with zero attached hydrogens (tertiary/aromatic N) is 10. The molecule has 2 N–H and O–H groups in total. The van der Waals surface area contributed by atoms with E-state index in [-0.39, 0.29) is 59.5 Å². The van der Waals surface area contributed by atoms with Crippen molar-refractivity contribution in [3.63, 3.8) is 0 Å². The Morgan fingerprint density at radius 1 is 0.781 bits per heavy atom. The highest BCUT2D eigenvalue weighted by atomic mass is 16.2. The van der Waals surface area contributed by atoms with Crippen molar-refractivity contribution in [2.45, 2.75) is 146 Å². The van der Waals surface area contributed by atoms with E-state index in [4.69, 9.17) is 9.97 Å². The number of anilines is 3. The van der Waals surface area contributed by atoms with Crippen LogP contribution in [0.5, 0.6) is 0 Å². The van der Waals surface area contributed by atoms with E-state index in [0.717, 1.165) is 102 Å². The van der Waals surface area contributed by atoms with Crippen molar-refractivity contribution in [3.05, 3.63) is 60.0 Å². The molecule has 2 saturated carbocycles. The summed E-state index contributed by atoms with van der Waals surface area (Å²) in [6, 6.07) is 13.6. The van der Waals surface area contributed by atoms with E-state index >= 15 is 4.79 Å². The van der Waals surface area contributed by atoms with Gasteiger partial charge in [-0.2, -0.15) is 0 Å². The van der Waals surface area contributed by atoms with Gasteiger partial charge in [0.05, 0.1) is 34.9 Å². The molecule has 4 aromatic rings. The van der Waals surface area contributed by atoms with E-state index in [0.29, 0.717) is 90.1 Å². The molecule has 2 atom stereocenters. The number of pyridine rings is 2. The number of carbonyl (C=O) groups is 5. The van der Waals surface area contributed by atoms with Crippen LogP contribution in [0.4, 0.5) is 17.3 Å². The van der Waals surface area contributed by atoms with Gasteiger partial charge < -0.3 is 34.4 Å². The van der Waals surface area contributed by atoms with Gasteiger partial charge in [-0.25, -0.2) is 15.0 Å². The molecule has 386 valence electrons. The summed E-state index contributed by atoms with van der Waals surface area (Å²) < 4.78 is 2.20. The maximum Gasteiger partial charge on any atom is 0.239 e. The minimum absolute atomic E-state index is 0.0734. The summed E-state index contributed by atoms with van der Waals surface area (Å²) in [4.78, 5) is 95.3. The van der Waals surface area contributed by atoms with Gasteiger partial charge in [-0.1, -0.05) is 24.6 Å². The Morgan fingerprint density at radius 3 is 2.21 bits per heavy atom. The number of piperidine rings is 4. The third kappa shape index (κ3) is 8.95. The molecule has 2 aliphatic carbocycles. The third-order valence-electron chi connectivity index (χ3n) is 18.1. The molecule has 1 aromatic carbocycles. The lowest BCUT2D eigenvalue weighted by Crippen LogP contribution is -2.60. The normalized spacial score (nSPS) is 25.6. The number of carbonyl (C=O) groups excluding carboxylic acids is 5. The monoisotopic (exact) mass is 993 g/mol. The number of fused-ring (bicyclic) bond motifs is 3. The molecule has 9 heterocycles. The fourth-order valence-corrected chi connectivity index (χ4v) is 13.3. The summed E-state index contributed by atoms with van der Waals surface area (Å²) in [6.45, 7) is 13.5. The van der Waals surface area contributed by atoms with E-state index in [1.54, 1.807) is 6.20 Å². The van der Waals surface area contributed by atoms with Crippen LogP contribution in [0.1, 0.15) is 127 Å². The molecule has 0 bridgehead atoms. The molecule has 7 fully saturated rings. The standard InChI is InChI=1S/C56H72N12O5/c1-35(2)67-34-58-46-32-45(60-51(50(46)67)59-40-9-10-40)38-7-12-44-47(29-38)68(42-30-41(31-42)63-19-5-4-6-20-63)55(73)56(44)17-23-62(24-18-56)36(3)53(71)65-25-27-66(28-26-65)54(72)37-15-21-64(22-16-37)48-13-8-39(33-57-48)43-11-14-49(69)61-52(43)70/h7-8,12-13,29,32-37,40-43H,4-6,9-11,14-28,30-31H2,1-3H3,(H,59,60)(H,61,69,70)/t36?,41-,42+,43?. The van der Waals surface area contributed by atoms with Crippen LogP contribution in [0.3, 0.4) is 0 Å². The van der Waals surface area contributed by atoms with E-state index in [1.807, 2.05) is 35.2 Å². The van der Waals surface area contributed by atoms with Crippen LogP contribution in [0.2, 0.25) is 0 Å². The maximum atomic E-state index is 15.3. The Kier molecular flexibility index (Phi) is 12.8. The second kappa shape index (κ2) is 19.4. The van der Waals surface area contributed by atoms with Crippen molar-refractivity contribution >= 4 is 57.9 Å².